The Morgan fingerprint density at radius 1 is 1.11 bits per heavy atom. The zero-order valence-corrected chi connectivity index (χ0v) is 18.5. The Morgan fingerprint density at radius 2 is 1.79 bits per heavy atom. The molecular formula is C19H30N2O5S2. The van der Waals surface area contributed by atoms with Crippen LogP contribution in [0.3, 0.4) is 0 Å². The van der Waals surface area contributed by atoms with Crippen LogP contribution in [0.2, 0.25) is 0 Å². The average molecular weight is 431 g/mol. The zero-order chi connectivity index (χ0) is 20.9. The van der Waals surface area contributed by atoms with Gasteiger partial charge in [0.05, 0.1) is 23.4 Å². The Balaban J connectivity index is 2.66. The minimum atomic E-state index is -4.10. The number of fused-ring (bicyclic) bond motifs is 1. The second kappa shape index (κ2) is 9.26. The summed E-state index contributed by atoms with van der Waals surface area (Å²) in [7, 11) is -8.20. The van der Waals surface area contributed by atoms with Crippen molar-refractivity contribution in [3.8, 4) is 0 Å². The number of nitrogens with zero attached hydrogens (tertiary/aromatic N) is 1. The van der Waals surface area contributed by atoms with Crippen molar-refractivity contribution >= 4 is 37.2 Å². The van der Waals surface area contributed by atoms with E-state index in [-0.39, 0.29) is 17.2 Å². The summed E-state index contributed by atoms with van der Waals surface area (Å²) in [5.74, 6) is -0.366. The molecule has 0 spiro atoms. The van der Waals surface area contributed by atoms with Gasteiger partial charge in [-0.15, -0.1) is 0 Å². The maximum absolute atomic E-state index is 12.9. The van der Waals surface area contributed by atoms with Crippen LogP contribution in [0.1, 0.15) is 68.3 Å². The molecule has 1 aliphatic heterocycles. The summed E-state index contributed by atoms with van der Waals surface area (Å²) in [6, 6.07) is 3.18. The van der Waals surface area contributed by atoms with Crippen molar-refractivity contribution in [3.63, 3.8) is 0 Å². The number of nitrogens with one attached hydrogen (secondary N) is 1. The third-order valence-electron chi connectivity index (χ3n) is 4.71. The number of anilines is 2. The van der Waals surface area contributed by atoms with Gasteiger partial charge < -0.3 is 5.32 Å². The topological polar surface area (TPSA) is 101 Å². The summed E-state index contributed by atoms with van der Waals surface area (Å²) >= 11 is 0. The maximum atomic E-state index is 12.9. The molecule has 9 heteroatoms. The van der Waals surface area contributed by atoms with Crippen molar-refractivity contribution in [1.82, 2.24) is 0 Å². The van der Waals surface area contributed by atoms with E-state index in [2.05, 4.69) is 5.32 Å². The molecule has 1 aromatic rings. The largest absolute Gasteiger partial charge is 0.383 e. The highest BCUT2D eigenvalue weighted by molar-refractivity contribution is 8.09. The van der Waals surface area contributed by atoms with E-state index < -0.39 is 20.0 Å². The van der Waals surface area contributed by atoms with Gasteiger partial charge in [0, 0.05) is 18.5 Å². The predicted molar refractivity (Wildman–Crippen MR) is 113 cm³/mol. The van der Waals surface area contributed by atoms with E-state index in [1.807, 2.05) is 13.8 Å². The lowest BCUT2D eigenvalue weighted by molar-refractivity contribution is 0.0979. The Kier molecular flexibility index (Phi) is 7.50. The van der Waals surface area contributed by atoms with Crippen molar-refractivity contribution in [1.29, 1.82) is 0 Å². The van der Waals surface area contributed by atoms with Crippen molar-refractivity contribution in [3.05, 3.63) is 23.3 Å². The normalized spacial score (nSPS) is 14.2. The molecule has 0 saturated carbocycles. The fourth-order valence-corrected chi connectivity index (χ4v) is 6.95. The minimum absolute atomic E-state index is 0.0376. The highest BCUT2D eigenvalue weighted by Crippen LogP contribution is 2.38. The standard InChI is InChI=1S/C19H30N2O5S2/c1-4-6-10-18(22)16-13-15-9-8-11-20-19(15)17(14-16)21(27(3,23)24)28(25,26)12-7-5-2/h13-14,20H,4-12H2,1-3H3. The van der Waals surface area contributed by atoms with Gasteiger partial charge in [-0.25, -0.2) is 16.8 Å². The Morgan fingerprint density at radius 3 is 2.39 bits per heavy atom. The van der Waals surface area contributed by atoms with Crippen molar-refractivity contribution in [2.75, 3.05) is 27.6 Å². The van der Waals surface area contributed by atoms with E-state index in [0.717, 1.165) is 31.1 Å². The number of aryl methyl sites for hydroxylation is 1. The zero-order valence-electron chi connectivity index (χ0n) is 16.8. The molecule has 0 radical (unpaired) electrons. The van der Waals surface area contributed by atoms with Crippen LogP contribution in [0.15, 0.2) is 12.1 Å². The molecule has 1 N–H and O–H groups in total. The van der Waals surface area contributed by atoms with Gasteiger partial charge in [-0.3, -0.25) is 4.79 Å². The van der Waals surface area contributed by atoms with Crippen molar-refractivity contribution < 1.29 is 21.6 Å². The number of ketones is 1. The van der Waals surface area contributed by atoms with Crippen molar-refractivity contribution in [2.24, 2.45) is 0 Å². The van der Waals surface area contributed by atoms with Gasteiger partial charge in [0.15, 0.2) is 5.78 Å². The number of carbonyl (C=O) groups excluding carboxylic acids is 1. The first-order valence-electron chi connectivity index (χ1n) is 9.79. The second-order valence-corrected chi connectivity index (χ2v) is 11.2. The van der Waals surface area contributed by atoms with Gasteiger partial charge in [0.25, 0.3) is 0 Å². The highest BCUT2D eigenvalue weighted by Gasteiger charge is 2.34. The molecule has 0 atom stereocenters. The summed E-state index contributed by atoms with van der Waals surface area (Å²) in [4.78, 5) is 12.6. The van der Waals surface area contributed by atoms with Crippen LogP contribution >= 0.6 is 0 Å². The highest BCUT2D eigenvalue weighted by atomic mass is 32.3. The molecule has 7 nitrogen and oxygen atoms in total. The summed E-state index contributed by atoms with van der Waals surface area (Å²) < 4.78 is 51.4. The van der Waals surface area contributed by atoms with E-state index in [0.29, 0.717) is 47.2 Å². The Hall–Kier alpha value is -1.61. The number of hydrogen-bond acceptors (Lipinski definition) is 6. The third kappa shape index (κ3) is 5.26. The summed E-state index contributed by atoms with van der Waals surface area (Å²) in [5.41, 5.74) is 1.67. The lowest BCUT2D eigenvalue weighted by Crippen LogP contribution is -2.38. The van der Waals surface area contributed by atoms with Gasteiger partial charge in [0.1, 0.15) is 0 Å². The van der Waals surface area contributed by atoms with Crippen molar-refractivity contribution in [2.45, 2.75) is 58.8 Å². The fraction of sp³-hybridized carbons (Fsp3) is 0.632. The fourth-order valence-electron chi connectivity index (χ4n) is 3.31. The number of Topliss-reactive ketones (excluding diaryl/α,β-unsaturated/α-hetero) is 1. The molecule has 2 rings (SSSR count). The van der Waals surface area contributed by atoms with Gasteiger partial charge in [-0.05, 0) is 43.4 Å². The molecule has 0 amide bonds. The first-order chi connectivity index (χ1) is 13.1. The molecule has 1 aromatic carbocycles. The van der Waals surface area contributed by atoms with Crippen LogP contribution in [0, 0.1) is 0 Å². The van der Waals surface area contributed by atoms with Gasteiger partial charge in [-0.2, -0.15) is 3.71 Å². The number of benzene rings is 1. The van der Waals surface area contributed by atoms with Crippen LogP contribution in [0.4, 0.5) is 11.4 Å². The molecule has 0 saturated heterocycles. The quantitative estimate of drug-likeness (QED) is 0.572. The molecular weight excluding hydrogens is 400 g/mol. The molecule has 28 heavy (non-hydrogen) atoms. The monoisotopic (exact) mass is 430 g/mol. The van der Waals surface area contributed by atoms with Crippen LogP contribution in [-0.2, 0) is 26.5 Å². The molecule has 0 unspecified atom stereocenters. The van der Waals surface area contributed by atoms with Gasteiger partial charge in [0.2, 0.25) is 20.0 Å². The van der Waals surface area contributed by atoms with Crippen LogP contribution < -0.4 is 9.03 Å². The molecule has 1 aliphatic rings. The molecule has 0 aliphatic carbocycles. The lowest BCUT2D eigenvalue weighted by atomic mass is 9.96. The van der Waals surface area contributed by atoms with E-state index in [9.17, 15) is 21.6 Å². The molecule has 0 fully saturated rings. The smallest absolute Gasteiger partial charge is 0.248 e. The number of sulfonamides is 2. The van der Waals surface area contributed by atoms with E-state index >= 15 is 0 Å². The van der Waals surface area contributed by atoms with Crippen LogP contribution in [0.5, 0.6) is 0 Å². The number of hydrogen-bond donors (Lipinski definition) is 1. The number of carbonyl (C=O) groups is 1. The predicted octanol–water partition coefficient (Wildman–Crippen LogP) is 3.31. The van der Waals surface area contributed by atoms with Crippen LogP contribution in [0.25, 0.3) is 0 Å². The van der Waals surface area contributed by atoms with Gasteiger partial charge >= 0.3 is 0 Å². The second-order valence-electron chi connectivity index (χ2n) is 7.22. The summed E-state index contributed by atoms with van der Waals surface area (Å²) in [6.07, 6.45) is 5.32. The number of unbranched alkanes of at least 4 members (excludes halogenated alkanes) is 2. The molecule has 1 heterocycles. The summed E-state index contributed by atoms with van der Waals surface area (Å²) in [5, 5.41) is 3.14. The first-order valence-corrected chi connectivity index (χ1v) is 13.2. The Bertz CT molecular complexity index is 924. The molecule has 158 valence electrons. The third-order valence-corrected chi connectivity index (χ3v) is 8.51. The number of rotatable bonds is 10. The summed E-state index contributed by atoms with van der Waals surface area (Å²) in [6.45, 7) is 4.45. The molecule has 0 bridgehead atoms. The van der Waals surface area contributed by atoms with Gasteiger partial charge in [-0.1, -0.05) is 26.7 Å². The van der Waals surface area contributed by atoms with E-state index in [4.69, 9.17) is 0 Å². The van der Waals surface area contributed by atoms with Crippen LogP contribution in [-0.4, -0.2) is 41.2 Å². The SMILES string of the molecule is CCCCC(=O)c1cc2c(c(N(S(C)(=O)=O)S(=O)(=O)CCCC)c1)NCCC2. The maximum Gasteiger partial charge on any atom is 0.248 e. The first kappa shape index (κ1) is 22.7. The molecule has 0 aromatic heterocycles. The van der Waals surface area contributed by atoms with E-state index in [1.54, 1.807) is 6.07 Å². The minimum Gasteiger partial charge on any atom is -0.383 e. The lowest BCUT2D eigenvalue weighted by Gasteiger charge is -2.29. The average Bonchev–Trinajstić information content (AvgIpc) is 2.63. The Labute approximate surface area is 168 Å². The van der Waals surface area contributed by atoms with E-state index in [1.165, 1.54) is 6.07 Å².